The van der Waals surface area contributed by atoms with E-state index in [4.69, 9.17) is 10.8 Å². The lowest BCUT2D eigenvalue weighted by atomic mass is 10.1. The molecule has 4 heteroatoms. The van der Waals surface area contributed by atoms with E-state index >= 15 is 0 Å². The number of pyridine rings is 1. The number of nitrogens with zero attached hydrogens (tertiary/aromatic N) is 1. The third-order valence-corrected chi connectivity index (χ3v) is 1.60. The molecule has 1 aromatic heterocycles. The molecule has 12 heavy (non-hydrogen) atoms. The number of hydrogen-bond acceptors (Lipinski definition) is 3. The van der Waals surface area contributed by atoms with Crippen molar-refractivity contribution in [2.45, 2.75) is 13.0 Å². The SMILES string of the molecule is Cc1cnc(F)c([C@H](N)CO)c1. The fourth-order valence-corrected chi connectivity index (χ4v) is 0.933. The first-order chi connectivity index (χ1) is 5.65. The summed E-state index contributed by atoms with van der Waals surface area (Å²) in [6.45, 7) is 1.52. The molecule has 0 amide bonds. The molecule has 0 radical (unpaired) electrons. The van der Waals surface area contributed by atoms with E-state index < -0.39 is 12.0 Å². The molecule has 0 saturated heterocycles. The van der Waals surface area contributed by atoms with Gasteiger partial charge in [-0.15, -0.1) is 0 Å². The second-order valence-corrected chi connectivity index (χ2v) is 2.68. The van der Waals surface area contributed by atoms with Crippen molar-refractivity contribution in [3.05, 3.63) is 29.3 Å². The normalized spacial score (nSPS) is 13.0. The number of rotatable bonds is 2. The molecule has 1 aromatic rings. The zero-order valence-corrected chi connectivity index (χ0v) is 6.79. The van der Waals surface area contributed by atoms with Gasteiger partial charge in [0.25, 0.3) is 0 Å². The molecule has 1 heterocycles. The fourth-order valence-electron chi connectivity index (χ4n) is 0.933. The number of hydrogen-bond donors (Lipinski definition) is 2. The van der Waals surface area contributed by atoms with Crippen molar-refractivity contribution in [1.29, 1.82) is 0 Å². The van der Waals surface area contributed by atoms with E-state index in [1.807, 2.05) is 0 Å². The van der Waals surface area contributed by atoms with Gasteiger partial charge in [0.2, 0.25) is 5.95 Å². The topological polar surface area (TPSA) is 59.1 Å². The lowest BCUT2D eigenvalue weighted by molar-refractivity contribution is 0.264. The molecule has 0 aliphatic rings. The second-order valence-electron chi connectivity index (χ2n) is 2.68. The minimum Gasteiger partial charge on any atom is -0.394 e. The molecule has 0 bridgehead atoms. The second kappa shape index (κ2) is 3.60. The Kier molecular flexibility index (Phi) is 2.73. The molecule has 0 unspecified atom stereocenters. The van der Waals surface area contributed by atoms with E-state index in [0.717, 1.165) is 5.56 Å². The first kappa shape index (κ1) is 9.09. The van der Waals surface area contributed by atoms with E-state index in [1.165, 1.54) is 6.20 Å². The van der Waals surface area contributed by atoms with Gasteiger partial charge in [-0.2, -0.15) is 4.39 Å². The van der Waals surface area contributed by atoms with Crippen molar-refractivity contribution in [2.24, 2.45) is 5.73 Å². The average Bonchev–Trinajstić information content (AvgIpc) is 2.08. The van der Waals surface area contributed by atoms with Gasteiger partial charge < -0.3 is 10.8 Å². The molecule has 0 aromatic carbocycles. The Labute approximate surface area is 70.0 Å². The van der Waals surface area contributed by atoms with Gasteiger partial charge >= 0.3 is 0 Å². The molecule has 0 spiro atoms. The van der Waals surface area contributed by atoms with E-state index in [0.29, 0.717) is 0 Å². The van der Waals surface area contributed by atoms with Crippen LogP contribution in [0.1, 0.15) is 17.2 Å². The quantitative estimate of drug-likeness (QED) is 0.636. The lowest BCUT2D eigenvalue weighted by Gasteiger charge is -2.08. The zero-order chi connectivity index (χ0) is 9.14. The molecule has 0 fully saturated rings. The maximum Gasteiger partial charge on any atom is 0.217 e. The maximum absolute atomic E-state index is 12.9. The van der Waals surface area contributed by atoms with Gasteiger partial charge in [-0.3, -0.25) is 0 Å². The van der Waals surface area contributed by atoms with Gasteiger partial charge in [-0.05, 0) is 18.6 Å². The summed E-state index contributed by atoms with van der Waals surface area (Å²) in [5.74, 6) is -0.609. The number of aryl methyl sites for hydroxylation is 1. The zero-order valence-electron chi connectivity index (χ0n) is 6.79. The minimum atomic E-state index is -0.683. The van der Waals surface area contributed by atoms with E-state index in [-0.39, 0.29) is 12.2 Å². The third-order valence-electron chi connectivity index (χ3n) is 1.60. The minimum absolute atomic E-state index is 0.262. The van der Waals surface area contributed by atoms with E-state index in [9.17, 15) is 4.39 Å². The van der Waals surface area contributed by atoms with E-state index in [2.05, 4.69) is 4.98 Å². The Morgan fingerprint density at radius 3 is 3.00 bits per heavy atom. The van der Waals surface area contributed by atoms with Crippen LogP contribution in [-0.2, 0) is 0 Å². The molecular formula is C8H11FN2O. The third kappa shape index (κ3) is 1.78. The maximum atomic E-state index is 12.9. The molecular weight excluding hydrogens is 159 g/mol. The van der Waals surface area contributed by atoms with Crippen molar-refractivity contribution in [2.75, 3.05) is 6.61 Å². The number of aliphatic hydroxyl groups is 1. The molecule has 1 atom stereocenters. The van der Waals surface area contributed by atoms with Crippen molar-refractivity contribution in [1.82, 2.24) is 4.98 Å². The van der Waals surface area contributed by atoms with Gasteiger partial charge in [-0.1, -0.05) is 0 Å². The van der Waals surface area contributed by atoms with Crippen LogP contribution >= 0.6 is 0 Å². The molecule has 0 aliphatic heterocycles. The highest BCUT2D eigenvalue weighted by Gasteiger charge is 2.10. The standard InChI is InChI=1S/C8H11FN2O/c1-5-2-6(7(10)4-12)8(9)11-3-5/h2-3,7,12H,4,10H2,1H3/t7-/m1/s1. The molecule has 3 nitrogen and oxygen atoms in total. The fraction of sp³-hybridized carbons (Fsp3) is 0.375. The van der Waals surface area contributed by atoms with Crippen LogP contribution in [0.15, 0.2) is 12.3 Å². The van der Waals surface area contributed by atoms with Crippen molar-refractivity contribution < 1.29 is 9.50 Å². The van der Waals surface area contributed by atoms with Crippen LogP contribution in [0.3, 0.4) is 0 Å². The van der Waals surface area contributed by atoms with Crippen molar-refractivity contribution in [3.63, 3.8) is 0 Å². The van der Waals surface area contributed by atoms with Crippen LogP contribution in [-0.4, -0.2) is 16.7 Å². The van der Waals surface area contributed by atoms with Crippen LogP contribution < -0.4 is 5.73 Å². The van der Waals surface area contributed by atoms with Crippen LogP contribution in [0.2, 0.25) is 0 Å². The van der Waals surface area contributed by atoms with Crippen molar-refractivity contribution in [3.8, 4) is 0 Å². The lowest BCUT2D eigenvalue weighted by Crippen LogP contribution is -2.16. The summed E-state index contributed by atoms with van der Waals surface area (Å²) in [6.07, 6.45) is 1.42. The molecule has 3 N–H and O–H groups in total. The van der Waals surface area contributed by atoms with Gasteiger partial charge in [0.15, 0.2) is 0 Å². The highest BCUT2D eigenvalue weighted by atomic mass is 19.1. The molecule has 66 valence electrons. The van der Waals surface area contributed by atoms with Gasteiger partial charge in [0, 0.05) is 11.8 Å². The molecule has 1 rings (SSSR count). The number of aromatic nitrogens is 1. The van der Waals surface area contributed by atoms with Gasteiger partial charge in [0.05, 0.1) is 12.6 Å². The van der Waals surface area contributed by atoms with Crippen LogP contribution in [0.25, 0.3) is 0 Å². The summed E-state index contributed by atoms with van der Waals surface area (Å²) >= 11 is 0. The highest BCUT2D eigenvalue weighted by Crippen LogP contribution is 2.13. The van der Waals surface area contributed by atoms with E-state index in [1.54, 1.807) is 13.0 Å². The van der Waals surface area contributed by atoms with Crippen LogP contribution in [0.5, 0.6) is 0 Å². The molecule has 0 aliphatic carbocycles. The summed E-state index contributed by atoms with van der Waals surface area (Å²) in [6, 6.07) is 0.904. The van der Waals surface area contributed by atoms with Crippen molar-refractivity contribution >= 4 is 0 Å². The van der Waals surface area contributed by atoms with Crippen LogP contribution in [0, 0.1) is 12.9 Å². The van der Waals surface area contributed by atoms with Crippen LogP contribution in [0.4, 0.5) is 4.39 Å². The predicted molar refractivity (Wildman–Crippen MR) is 42.9 cm³/mol. The Hall–Kier alpha value is -1.00. The Bertz CT molecular complexity index is 278. The monoisotopic (exact) mass is 170 g/mol. The Morgan fingerprint density at radius 1 is 1.75 bits per heavy atom. The summed E-state index contributed by atoms with van der Waals surface area (Å²) in [4.78, 5) is 3.49. The number of halogens is 1. The highest BCUT2D eigenvalue weighted by molar-refractivity contribution is 5.21. The molecule has 0 saturated carbocycles. The largest absolute Gasteiger partial charge is 0.394 e. The predicted octanol–water partition coefficient (Wildman–Crippen LogP) is 0.521. The smallest absolute Gasteiger partial charge is 0.217 e. The number of nitrogens with two attached hydrogens (primary N) is 1. The number of aliphatic hydroxyl groups excluding tert-OH is 1. The summed E-state index contributed by atoms with van der Waals surface area (Å²) in [5, 5.41) is 8.68. The summed E-state index contributed by atoms with van der Waals surface area (Å²) in [5.41, 5.74) is 6.52. The first-order valence-electron chi connectivity index (χ1n) is 3.63. The first-order valence-corrected chi connectivity index (χ1v) is 3.63. The average molecular weight is 170 g/mol. The summed E-state index contributed by atoms with van der Waals surface area (Å²) in [7, 11) is 0. The Balaban J connectivity index is 3.04. The van der Waals surface area contributed by atoms with Gasteiger partial charge in [0.1, 0.15) is 0 Å². The Morgan fingerprint density at radius 2 is 2.42 bits per heavy atom. The summed E-state index contributed by atoms with van der Waals surface area (Å²) < 4.78 is 12.9. The van der Waals surface area contributed by atoms with Gasteiger partial charge in [-0.25, -0.2) is 4.98 Å².